The second kappa shape index (κ2) is 5.91. The van der Waals surface area contributed by atoms with Crippen LogP contribution in [0.5, 0.6) is 0 Å². The summed E-state index contributed by atoms with van der Waals surface area (Å²) in [6, 6.07) is 7.58. The quantitative estimate of drug-likeness (QED) is 0.860. The van der Waals surface area contributed by atoms with Crippen molar-refractivity contribution >= 4 is 34.5 Å². The molecule has 1 N–H and O–H groups in total. The van der Waals surface area contributed by atoms with Crippen molar-refractivity contribution in [2.75, 3.05) is 6.54 Å². The largest absolute Gasteiger partial charge is 0.448 e. The summed E-state index contributed by atoms with van der Waals surface area (Å²) in [5.74, 6) is 0.821. The highest BCUT2D eigenvalue weighted by molar-refractivity contribution is 7.16. The van der Waals surface area contributed by atoms with Crippen LogP contribution in [0.15, 0.2) is 28.7 Å². The first-order valence-corrected chi connectivity index (χ1v) is 7.01. The number of hydrogen-bond acceptors (Lipinski definition) is 3. The molecule has 0 saturated carbocycles. The van der Waals surface area contributed by atoms with Gasteiger partial charge in [-0.3, -0.25) is 0 Å². The molecule has 0 aliphatic rings. The molecule has 0 spiro atoms. The highest BCUT2D eigenvalue weighted by Gasteiger charge is 2.18. The molecule has 2 rings (SSSR count). The molecular formula is C12H13Cl2NOS. The summed E-state index contributed by atoms with van der Waals surface area (Å²) >= 11 is 13.3. The van der Waals surface area contributed by atoms with E-state index in [0.717, 1.165) is 27.9 Å². The number of hydrogen-bond donors (Lipinski definition) is 1. The number of halogens is 2. The fraction of sp³-hybridized carbons (Fsp3) is 0.333. The maximum absolute atomic E-state index is 5.97. The topological polar surface area (TPSA) is 25.2 Å². The standard InChI is InChI=1S/C12H13Cl2NOS/c1-2-7-15-12(8-3-5-10(13)16-8)9-4-6-11(14)17-9/h3-6,12,15H,2,7H2,1H3. The van der Waals surface area contributed by atoms with Crippen LogP contribution in [-0.4, -0.2) is 6.54 Å². The molecule has 0 aromatic carbocycles. The first-order chi connectivity index (χ1) is 8.20. The van der Waals surface area contributed by atoms with E-state index >= 15 is 0 Å². The predicted octanol–water partition coefficient (Wildman–Crippen LogP) is 4.74. The molecule has 1 atom stereocenters. The molecule has 0 aliphatic carbocycles. The zero-order chi connectivity index (χ0) is 12.3. The van der Waals surface area contributed by atoms with Gasteiger partial charge in [0.15, 0.2) is 5.22 Å². The van der Waals surface area contributed by atoms with Crippen LogP contribution in [0.4, 0.5) is 0 Å². The van der Waals surface area contributed by atoms with Crippen molar-refractivity contribution < 1.29 is 4.42 Å². The lowest BCUT2D eigenvalue weighted by Gasteiger charge is -2.14. The molecule has 2 aromatic heterocycles. The second-order valence-electron chi connectivity index (χ2n) is 3.67. The van der Waals surface area contributed by atoms with E-state index in [1.807, 2.05) is 18.2 Å². The number of rotatable bonds is 5. The highest BCUT2D eigenvalue weighted by Crippen LogP contribution is 2.32. The first kappa shape index (κ1) is 13.0. The van der Waals surface area contributed by atoms with Crippen LogP contribution in [0.25, 0.3) is 0 Å². The molecule has 0 saturated heterocycles. The average molecular weight is 290 g/mol. The molecule has 2 heterocycles. The van der Waals surface area contributed by atoms with Crippen molar-refractivity contribution in [1.82, 2.24) is 5.32 Å². The van der Waals surface area contributed by atoms with Crippen molar-refractivity contribution in [2.24, 2.45) is 0 Å². The predicted molar refractivity (Wildman–Crippen MR) is 73.2 cm³/mol. The molecule has 0 bridgehead atoms. The Morgan fingerprint density at radius 3 is 2.65 bits per heavy atom. The summed E-state index contributed by atoms with van der Waals surface area (Å²) in [4.78, 5) is 1.13. The van der Waals surface area contributed by atoms with Gasteiger partial charge in [-0.1, -0.05) is 18.5 Å². The Bertz CT molecular complexity index is 440. The smallest absolute Gasteiger partial charge is 0.193 e. The van der Waals surface area contributed by atoms with Gasteiger partial charge in [-0.05, 0) is 48.8 Å². The number of nitrogens with one attached hydrogen (secondary N) is 1. The Labute approximate surface area is 115 Å². The molecule has 5 heteroatoms. The van der Waals surface area contributed by atoms with E-state index in [-0.39, 0.29) is 6.04 Å². The second-order valence-corrected chi connectivity index (χ2v) is 5.79. The van der Waals surface area contributed by atoms with Crippen molar-refractivity contribution in [1.29, 1.82) is 0 Å². The van der Waals surface area contributed by atoms with Gasteiger partial charge in [0.25, 0.3) is 0 Å². The summed E-state index contributed by atoms with van der Waals surface area (Å²) in [6.07, 6.45) is 1.06. The molecule has 92 valence electrons. The van der Waals surface area contributed by atoms with E-state index in [1.54, 1.807) is 17.4 Å². The third-order valence-electron chi connectivity index (χ3n) is 2.36. The van der Waals surface area contributed by atoms with Crippen LogP contribution >= 0.6 is 34.5 Å². The summed E-state index contributed by atoms with van der Waals surface area (Å²) in [7, 11) is 0. The molecule has 0 radical (unpaired) electrons. The summed E-state index contributed by atoms with van der Waals surface area (Å²) in [5, 5.41) is 3.84. The van der Waals surface area contributed by atoms with Crippen molar-refractivity contribution in [2.45, 2.75) is 19.4 Å². The van der Waals surface area contributed by atoms with Gasteiger partial charge >= 0.3 is 0 Å². The maximum Gasteiger partial charge on any atom is 0.193 e. The van der Waals surface area contributed by atoms with Crippen molar-refractivity contribution in [3.63, 3.8) is 0 Å². The van der Waals surface area contributed by atoms with Gasteiger partial charge in [-0.2, -0.15) is 0 Å². The molecule has 2 nitrogen and oxygen atoms in total. The molecule has 0 aliphatic heterocycles. The van der Waals surface area contributed by atoms with E-state index in [9.17, 15) is 0 Å². The summed E-state index contributed by atoms with van der Waals surface area (Å²) < 4.78 is 6.25. The van der Waals surface area contributed by atoms with Gasteiger partial charge in [0, 0.05) is 4.88 Å². The maximum atomic E-state index is 5.97. The summed E-state index contributed by atoms with van der Waals surface area (Å²) in [5.41, 5.74) is 0. The minimum absolute atomic E-state index is 0.0277. The minimum atomic E-state index is 0.0277. The van der Waals surface area contributed by atoms with Crippen LogP contribution in [-0.2, 0) is 0 Å². The molecule has 2 aromatic rings. The molecule has 0 fully saturated rings. The fourth-order valence-corrected chi connectivity index (χ4v) is 2.89. The van der Waals surface area contributed by atoms with E-state index < -0.39 is 0 Å². The minimum Gasteiger partial charge on any atom is -0.448 e. The number of thiophene rings is 1. The van der Waals surface area contributed by atoms with Gasteiger partial charge in [-0.15, -0.1) is 11.3 Å². The van der Waals surface area contributed by atoms with Gasteiger partial charge in [0.05, 0.1) is 4.34 Å². The Hall–Kier alpha value is -0.480. The summed E-state index contributed by atoms with van der Waals surface area (Å²) in [6.45, 7) is 3.04. The van der Waals surface area contributed by atoms with E-state index in [0.29, 0.717) is 5.22 Å². The Morgan fingerprint density at radius 2 is 2.12 bits per heavy atom. The lowest BCUT2D eigenvalue weighted by molar-refractivity contribution is 0.451. The SMILES string of the molecule is CCCNC(c1ccc(Cl)o1)c1ccc(Cl)s1. The lowest BCUT2D eigenvalue weighted by Crippen LogP contribution is -2.21. The van der Waals surface area contributed by atoms with Crippen LogP contribution in [0.1, 0.15) is 30.0 Å². The van der Waals surface area contributed by atoms with Gasteiger partial charge in [0.1, 0.15) is 11.8 Å². The molecule has 17 heavy (non-hydrogen) atoms. The highest BCUT2D eigenvalue weighted by atomic mass is 35.5. The van der Waals surface area contributed by atoms with Crippen molar-refractivity contribution in [3.8, 4) is 0 Å². The Morgan fingerprint density at radius 1 is 1.29 bits per heavy atom. The number of furan rings is 1. The van der Waals surface area contributed by atoms with Crippen LogP contribution in [0.2, 0.25) is 9.56 Å². The van der Waals surface area contributed by atoms with Gasteiger partial charge in [-0.25, -0.2) is 0 Å². The Balaban J connectivity index is 2.24. The third-order valence-corrected chi connectivity index (χ3v) is 3.85. The van der Waals surface area contributed by atoms with Crippen molar-refractivity contribution in [3.05, 3.63) is 44.5 Å². The van der Waals surface area contributed by atoms with Crippen LogP contribution in [0.3, 0.4) is 0 Å². The third kappa shape index (κ3) is 3.26. The fourth-order valence-electron chi connectivity index (χ4n) is 1.60. The van der Waals surface area contributed by atoms with E-state index in [1.165, 1.54) is 0 Å². The van der Waals surface area contributed by atoms with Crippen LogP contribution in [0, 0.1) is 0 Å². The van der Waals surface area contributed by atoms with Gasteiger partial charge in [0.2, 0.25) is 0 Å². The average Bonchev–Trinajstić information content (AvgIpc) is 2.89. The lowest BCUT2D eigenvalue weighted by atomic mass is 10.2. The molecular weight excluding hydrogens is 277 g/mol. The Kier molecular flexibility index (Phi) is 4.51. The monoisotopic (exact) mass is 289 g/mol. The zero-order valence-corrected chi connectivity index (χ0v) is 11.7. The van der Waals surface area contributed by atoms with Crippen LogP contribution < -0.4 is 5.32 Å². The van der Waals surface area contributed by atoms with E-state index in [2.05, 4.69) is 12.2 Å². The molecule has 1 unspecified atom stereocenters. The zero-order valence-electron chi connectivity index (χ0n) is 9.37. The van der Waals surface area contributed by atoms with E-state index in [4.69, 9.17) is 27.6 Å². The van der Waals surface area contributed by atoms with Gasteiger partial charge < -0.3 is 9.73 Å². The normalized spacial score (nSPS) is 12.9. The molecule has 0 amide bonds. The first-order valence-electron chi connectivity index (χ1n) is 5.44.